The lowest BCUT2D eigenvalue weighted by atomic mass is 9.67. The van der Waals surface area contributed by atoms with E-state index in [1.807, 2.05) is 24.3 Å². The molecule has 272 valence electrons. The first-order valence-electron chi connectivity index (χ1n) is 19.8. The van der Waals surface area contributed by atoms with Crippen molar-refractivity contribution < 1.29 is 8.83 Å². The Balaban J connectivity index is 1.01. The number of para-hydroxylation sites is 2. The summed E-state index contributed by atoms with van der Waals surface area (Å²) in [5.41, 5.74) is 16.2. The fraction of sp³-hybridized carbons (Fsp3) is 0.0182. The Morgan fingerprint density at radius 3 is 1.57 bits per heavy atom. The smallest absolute Gasteiger partial charge is 0.136 e. The molecule has 0 amide bonds. The number of furan rings is 2. The molecule has 3 heteroatoms. The summed E-state index contributed by atoms with van der Waals surface area (Å²) in [4.78, 5) is 2.38. The Morgan fingerprint density at radius 2 is 0.845 bits per heavy atom. The summed E-state index contributed by atoms with van der Waals surface area (Å²) in [6.45, 7) is 0. The summed E-state index contributed by atoms with van der Waals surface area (Å²) >= 11 is 0. The Hall–Kier alpha value is -7.62. The molecular formula is C55H35NO2. The highest BCUT2D eigenvalue weighted by Gasteiger charge is 2.46. The number of benzene rings is 9. The maximum Gasteiger partial charge on any atom is 0.136 e. The van der Waals surface area contributed by atoms with Gasteiger partial charge in [0.1, 0.15) is 22.3 Å². The van der Waals surface area contributed by atoms with Crippen molar-refractivity contribution in [3.05, 3.63) is 235 Å². The number of anilines is 3. The van der Waals surface area contributed by atoms with Crippen molar-refractivity contribution in [3.63, 3.8) is 0 Å². The predicted molar refractivity (Wildman–Crippen MR) is 238 cm³/mol. The maximum atomic E-state index is 6.39. The molecule has 0 bridgehead atoms. The quantitative estimate of drug-likeness (QED) is 0.170. The molecule has 0 saturated carbocycles. The van der Waals surface area contributed by atoms with Crippen LogP contribution in [0.5, 0.6) is 0 Å². The van der Waals surface area contributed by atoms with Crippen molar-refractivity contribution in [1.29, 1.82) is 0 Å². The van der Waals surface area contributed by atoms with Crippen LogP contribution in [0.1, 0.15) is 22.3 Å². The van der Waals surface area contributed by atoms with Crippen molar-refractivity contribution in [3.8, 4) is 22.3 Å². The highest BCUT2D eigenvalue weighted by Crippen LogP contribution is 2.57. The topological polar surface area (TPSA) is 29.5 Å². The molecule has 0 saturated heterocycles. The van der Waals surface area contributed by atoms with Crippen LogP contribution >= 0.6 is 0 Å². The molecule has 0 aliphatic heterocycles. The number of hydrogen-bond donors (Lipinski definition) is 0. The first-order chi connectivity index (χ1) is 28.8. The van der Waals surface area contributed by atoms with E-state index in [1.165, 1.54) is 33.4 Å². The third-order valence-corrected chi connectivity index (χ3v) is 12.1. The van der Waals surface area contributed by atoms with E-state index in [4.69, 9.17) is 8.83 Å². The van der Waals surface area contributed by atoms with Gasteiger partial charge in [-0.2, -0.15) is 0 Å². The van der Waals surface area contributed by atoms with E-state index in [9.17, 15) is 0 Å². The summed E-state index contributed by atoms with van der Waals surface area (Å²) < 4.78 is 12.6. The largest absolute Gasteiger partial charge is 0.456 e. The van der Waals surface area contributed by atoms with E-state index >= 15 is 0 Å². The van der Waals surface area contributed by atoms with Gasteiger partial charge in [-0.3, -0.25) is 0 Å². The van der Waals surface area contributed by atoms with Crippen molar-refractivity contribution in [2.45, 2.75) is 5.41 Å². The number of hydrogen-bond acceptors (Lipinski definition) is 3. The molecule has 0 radical (unpaired) electrons. The first kappa shape index (κ1) is 32.6. The lowest BCUT2D eigenvalue weighted by molar-refractivity contribution is 0.663. The zero-order chi connectivity index (χ0) is 38.2. The van der Waals surface area contributed by atoms with Gasteiger partial charge in [0.15, 0.2) is 0 Å². The lowest BCUT2D eigenvalue weighted by Crippen LogP contribution is -2.28. The molecule has 2 heterocycles. The minimum absolute atomic E-state index is 0.485. The van der Waals surface area contributed by atoms with Gasteiger partial charge < -0.3 is 13.7 Å². The second kappa shape index (κ2) is 12.7. The van der Waals surface area contributed by atoms with E-state index in [0.29, 0.717) is 0 Å². The maximum absolute atomic E-state index is 6.39. The third kappa shape index (κ3) is 4.74. The van der Waals surface area contributed by atoms with Crippen molar-refractivity contribution in [1.82, 2.24) is 0 Å². The number of fused-ring (bicyclic) bond motifs is 10. The average molecular weight is 742 g/mol. The zero-order valence-electron chi connectivity index (χ0n) is 31.5. The zero-order valence-corrected chi connectivity index (χ0v) is 31.5. The van der Waals surface area contributed by atoms with Crippen LogP contribution in [0.15, 0.2) is 221 Å². The second-order valence-corrected chi connectivity index (χ2v) is 15.2. The molecule has 0 fully saturated rings. The molecule has 12 rings (SSSR count). The van der Waals surface area contributed by atoms with Gasteiger partial charge in [-0.25, -0.2) is 0 Å². The van der Waals surface area contributed by atoms with E-state index in [1.54, 1.807) is 0 Å². The molecule has 0 atom stereocenters. The number of nitrogens with zero attached hydrogens (tertiary/aromatic N) is 1. The summed E-state index contributed by atoms with van der Waals surface area (Å²) in [6.07, 6.45) is 0. The fourth-order valence-corrected chi connectivity index (χ4v) is 9.66. The van der Waals surface area contributed by atoms with Crippen LogP contribution in [0, 0.1) is 0 Å². The van der Waals surface area contributed by atoms with Gasteiger partial charge in [0.2, 0.25) is 0 Å². The molecule has 58 heavy (non-hydrogen) atoms. The van der Waals surface area contributed by atoms with E-state index < -0.39 is 5.41 Å². The lowest BCUT2D eigenvalue weighted by Gasteiger charge is -2.35. The average Bonchev–Trinajstić information content (AvgIpc) is 3.95. The molecular weight excluding hydrogens is 707 g/mol. The normalized spacial score (nSPS) is 13.0. The molecule has 0 N–H and O–H groups in total. The van der Waals surface area contributed by atoms with Gasteiger partial charge >= 0.3 is 0 Å². The molecule has 0 spiro atoms. The summed E-state index contributed by atoms with van der Waals surface area (Å²) in [5.74, 6) is 0. The van der Waals surface area contributed by atoms with Gasteiger partial charge in [0, 0.05) is 38.6 Å². The van der Waals surface area contributed by atoms with E-state index in [-0.39, 0.29) is 0 Å². The molecule has 2 aromatic heterocycles. The van der Waals surface area contributed by atoms with Crippen LogP contribution < -0.4 is 4.90 Å². The molecule has 1 aliphatic rings. The fourth-order valence-electron chi connectivity index (χ4n) is 9.66. The Labute approximate surface area is 335 Å². The molecule has 1 aliphatic carbocycles. The molecule has 11 aromatic rings. The SMILES string of the molecule is c1ccc(N(c2ccc(-c3ccc4oc5ccc6oc7ccccc7c6c5c4c3)cc2)c2ccc3c(c2)C(c2ccccc2)(c2ccccc2)c2ccccc2-3)cc1. The van der Waals surface area contributed by atoms with Gasteiger partial charge in [0.05, 0.1) is 5.41 Å². The Kier molecular flexibility index (Phi) is 7.14. The van der Waals surface area contributed by atoms with Crippen LogP contribution in [0.4, 0.5) is 17.1 Å². The van der Waals surface area contributed by atoms with Gasteiger partial charge in [0.25, 0.3) is 0 Å². The van der Waals surface area contributed by atoms with E-state index in [2.05, 4.69) is 193 Å². The summed E-state index contributed by atoms with van der Waals surface area (Å²) in [7, 11) is 0. The van der Waals surface area contributed by atoms with Gasteiger partial charge in [-0.05, 0) is 111 Å². The van der Waals surface area contributed by atoms with Crippen molar-refractivity contribution in [2.24, 2.45) is 0 Å². The minimum atomic E-state index is -0.485. The highest BCUT2D eigenvalue weighted by atomic mass is 16.3. The van der Waals surface area contributed by atoms with Crippen LogP contribution in [0.2, 0.25) is 0 Å². The first-order valence-corrected chi connectivity index (χ1v) is 19.8. The molecule has 9 aromatic carbocycles. The Bertz CT molecular complexity index is 3290. The van der Waals surface area contributed by atoms with Crippen LogP contribution in [-0.4, -0.2) is 0 Å². The van der Waals surface area contributed by atoms with Gasteiger partial charge in [-0.15, -0.1) is 0 Å². The third-order valence-electron chi connectivity index (χ3n) is 12.1. The summed E-state index contributed by atoms with van der Waals surface area (Å²) in [5, 5.41) is 4.37. The van der Waals surface area contributed by atoms with E-state index in [0.717, 1.165) is 72.1 Å². The highest BCUT2D eigenvalue weighted by molar-refractivity contribution is 6.26. The minimum Gasteiger partial charge on any atom is -0.456 e. The number of rotatable bonds is 6. The van der Waals surface area contributed by atoms with Crippen LogP contribution in [-0.2, 0) is 5.41 Å². The second-order valence-electron chi connectivity index (χ2n) is 15.2. The van der Waals surface area contributed by atoms with Crippen molar-refractivity contribution >= 4 is 60.9 Å². The predicted octanol–water partition coefficient (Wildman–Crippen LogP) is 15.0. The van der Waals surface area contributed by atoms with Crippen molar-refractivity contribution in [2.75, 3.05) is 4.90 Å². The van der Waals surface area contributed by atoms with Crippen LogP contribution in [0.25, 0.3) is 66.1 Å². The van der Waals surface area contributed by atoms with Crippen LogP contribution in [0.3, 0.4) is 0 Å². The Morgan fingerprint density at radius 1 is 0.328 bits per heavy atom. The monoisotopic (exact) mass is 741 g/mol. The standard InChI is InChI=1S/C55H35NO2/c1-4-14-38(15-5-1)55(39-16-6-2-7-17-39)47-22-12-10-20-43(47)44-30-29-42(35-48(44)55)56(40-18-8-3-9-19-40)41-27-24-36(25-28-41)37-26-31-50-46(34-37)54-52(58-50)33-32-51-53(54)45-21-11-13-23-49(45)57-51/h1-35H. The summed E-state index contributed by atoms with van der Waals surface area (Å²) in [6, 6.07) is 76.4. The molecule has 0 unspecified atom stereocenters. The molecule has 3 nitrogen and oxygen atoms in total. The van der Waals surface area contributed by atoms with Gasteiger partial charge in [-0.1, -0.05) is 146 Å².